The highest BCUT2D eigenvalue weighted by Crippen LogP contribution is 2.36. The van der Waals surface area contributed by atoms with Crippen molar-refractivity contribution in [2.45, 2.75) is 39.5 Å². The highest BCUT2D eigenvalue weighted by molar-refractivity contribution is 5.85. The molecule has 0 aromatic heterocycles. The highest BCUT2D eigenvalue weighted by Gasteiger charge is 2.34. The number of Topliss-reactive ketones (excluding diaryl/α,β-unsaturated/α-hetero) is 1. The number of hydrogen-bond donors (Lipinski definition) is 1. The molecule has 1 saturated carbocycles. The lowest BCUT2D eigenvalue weighted by Gasteiger charge is -2.24. The molecule has 0 spiro atoms. The van der Waals surface area contributed by atoms with E-state index >= 15 is 0 Å². The van der Waals surface area contributed by atoms with Crippen molar-refractivity contribution in [2.24, 2.45) is 17.1 Å². The molecule has 2 N–H and O–H groups in total. The molecule has 0 radical (unpaired) electrons. The van der Waals surface area contributed by atoms with E-state index in [-0.39, 0.29) is 5.41 Å². The van der Waals surface area contributed by atoms with Crippen LogP contribution in [-0.4, -0.2) is 12.3 Å². The van der Waals surface area contributed by atoms with Crippen molar-refractivity contribution in [3.8, 4) is 0 Å². The smallest absolute Gasteiger partial charge is 0.140 e. The largest absolute Gasteiger partial charge is 0.329 e. The monoisotopic (exact) mass is 169 g/mol. The predicted molar refractivity (Wildman–Crippen MR) is 49.8 cm³/mol. The standard InChI is InChI=1S/C10H19NO/c1-3-10(2,7-11)9(12)6-8-4-5-8/h8H,3-7,11H2,1-2H3. The lowest BCUT2D eigenvalue weighted by Crippen LogP contribution is -2.35. The Balaban J connectivity index is 2.45. The van der Waals surface area contributed by atoms with Gasteiger partial charge in [0.25, 0.3) is 0 Å². The van der Waals surface area contributed by atoms with E-state index < -0.39 is 0 Å². The Morgan fingerprint density at radius 3 is 2.50 bits per heavy atom. The van der Waals surface area contributed by atoms with Crippen LogP contribution in [0.5, 0.6) is 0 Å². The van der Waals surface area contributed by atoms with Gasteiger partial charge in [0.15, 0.2) is 0 Å². The van der Waals surface area contributed by atoms with E-state index in [1.165, 1.54) is 12.8 Å². The maximum atomic E-state index is 11.7. The Bertz CT molecular complexity index is 169. The van der Waals surface area contributed by atoms with Crippen LogP contribution >= 0.6 is 0 Å². The molecule has 0 aromatic rings. The van der Waals surface area contributed by atoms with Gasteiger partial charge in [0, 0.05) is 18.4 Å². The molecule has 2 nitrogen and oxygen atoms in total. The molecule has 1 aliphatic carbocycles. The van der Waals surface area contributed by atoms with Gasteiger partial charge in [0.05, 0.1) is 0 Å². The second-order valence-electron chi connectivity index (χ2n) is 4.19. The summed E-state index contributed by atoms with van der Waals surface area (Å²) in [5.74, 6) is 1.06. The maximum Gasteiger partial charge on any atom is 0.140 e. The summed E-state index contributed by atoms with van der Waals surface area (Å²) in [4.78, 5) is 11.7. The summed E-state index contributed by atoms with van der Waals surface area (Å²) in [6.07, 6.45) is 4.13. The van der Waals surface area contributed by atoms with E-state index in [1.807, 2.05) is 13.8 Å². The maximum absolute atomic E-state index is 11.7. The molecule has 0 amide bonds. The van der Waals surface area contributed by atoms with Crippen LogP contribution in [0.15, 0.2) is 0 Å². The van der Waals surface area contributed by atoms with Crippen LogP contribution in [0, 0.1) is 11.3 Å². The van der Waals surface area contributed by atoms with Gasteiger partial charge in [0.2, 0.25) is 0 Å². The summed E-state index contributed by atoms with van der Waals surface area (Å²) in [5, 5.41) is 0. The van der Waals surface area contributed by atoms with E-state index in [9.17, 15) is 4.79 Å². The minimum atomic E-state index is -0.247. The molecule has 2 heteroatoms. The van der Waals surface area contributed by atoms with Crippen LogP contribution in [0.4, 0.5) is 0 Å². The SMILES string of the molecule is CCC(C)(CN)C(=O)CC1CC1. The van der Waals surface area contributed by atoms with Crippen molar-refractivity contribution < 1.29 is 4.79 Å². The normalized spacial score (nSPS) is 21.9. The Morgan fingerprint density at radius 1 is 1.58 bits per heavy atom. The van der Waals surface area contributed by atoms with Gasteiger partial charge in [-0.25, -0.2) is 0 Å². The molecule has 1 aliphatic rings. The first-order chi connectivity index (χ1) is 5.62. The van der Waals surface area contributed by atoms with Crippen molar-refractivity contribution in [1.82, 2.24) is 0 Å². The zero-order valence-corrected chi connectivity index (χ0v) is 8.10. The van der Waals surface area contributed by atoms with Gasteiger partial charge in [-0.3, -0.25) is 4.79 Å². The number of hydrogen-bond acceptors (Lipinski definition) is 2. The Hall–Kier alpha value is -0.370. The van der Waals surface area contributed by atoms with Crippen LogP contribution < -0.4 is 5.73 Å². The third-order valence-corrected chi connectivity index (χ3v) is 3.08. The van der Waals surface area contributed by atoms with Gasteiger partial charge < -0.3 is 5.73 Å². The van der Waals surface area contributed by atoms with E-state index in [0.717, 1.165) is 12.8 Å². The summed E-state index contributed by atoms with van der Waals surface area (Å²) in [6, 6.07) is 0. The fourth-order valence-electron chi connectivity index (χ4n) is 1.29. The number of ketones is 1. The Morgan fingerprint density at radius 2 is 2.17 bits per heavy atom. The third-order valence-electron chi connectivity index (χ3n) is 3.08. The van der Waals surface area contributed by atoms with E-state index in [0.29, 0.717) is 18.2 Å². The molecule has 1 fully saturated rings. The molecule has 1 atom stereocenters. The van der Waals surface area contributed by atoms with E-state index in [1.54, 1.807) is 0 Å². The van der Waals surface area contributed by atoms with E-state index in [2.05, 4.69) is 0 Å². The summed E-state index contributed by atoms with van der Waals surface area (Å²) in [5.41, 5.74) is 5.35. The molecule has 0 heterocycles. The summed E-state index contributed by atoms with van der Waals surface area (Å²) >= 11 is 0. The Kier molecular flexibility index (Phi) is 2.89. The van der Waals surface area contributed by atoms with Crippen LogP contribution in [0.3, 0.4) is 0 Å². The van der Waals surface area contributed by atoms with Gasteiger partial charge in [0.1, 0.15) is 5.78 Å². The lowest BCUT2D eigenvalue weighted by atomic mass is 9.81. The average molecular weight is 169 g/mol. The summed E-state index contributed by atoms with van der Waals surface area (Å²) in [6.45, 7) is 4.52. The van der Waals surface area contributed by atoms with Crippen molar-refractivity contribution in [2.75, 3.05) is 6.54 Å². The molecule has 12 heavy (non-hydrogen) atoms. The van der Waals surface area contributed by atoms with Crippen LogP contribution in [0.25, 0.3) is 0 Å². The van der Waals surface area contributed by atoms with Crippen molar-refractivity contribution in [3.63, 3.8) is 0 Å². The zero-order chi connectivity index (χ0) is 9.19. The zero-order valence-electron chi connectivity index (χ0n) is 8.10. The van der Waals surface area contributed by atoms with Crippen LogP contribution in [-0.2, 0) is 4.79 Å². The number of carbonyl (C=O) groups excluding carboxylic acids is 1. The third kappa shape index (κ3) is 2.07. The van der Waals surface area contributed by atoms with Crippen molar-refractivity contribution >= 4 is 5.78 Å². The van der Waals surface area contributed by atoms with Gasteiger partial charge in [-0.15, -0.1) is 0 Å². The van der Waals surface area contributed by atoms with E-state index in [4.69, 9.17) is 5.73 Å². The summed E-state index contributed by atoms with van der Waals surface area (Å²) < 4.78 is 0. The predicted octanol–water partition coefficient (Wildman–Crippen LogP) is 1.73. The number of carbonyl (C=O) groups is 1. The fraction of sp³-hybridized carbons (Fsp3) is 0.900. The topological polar surface area (TPSA) is 43.1 Å². The molecular formula is C10H19NO. The summed E-state index contributed by atoms with van der Waals surface area (Å²) in [7, 11) is 0. The van der Waals surface area contributed by atoms with Crippen LogP contribution in [0.2, 0.25) is 0 Å². The molecular weight excluding hydrogens is 150 g/mol. The molecule has 0 saturated heterocycles. The molecule has 1 unspecified atom stereocenters. The number of nitrogens with two attached hydrogens (primary N) is 1. The second kappa shape index (κ2) is 3.56. The molecule has 0 aliphatic heterocycles. The first-order valence-electron chi connectivity index (χ1n) is 4.85. The Labute approximate surface area is 74.5 Å². The van der Waals surface area contributed by atoms with Crippen molar-refractivity contribution in [3.05, 3.63) is 0 Å². The van der Waals surface area contributed by atoms with Gasteiger partial charge in [-0.1, -0.05) is 13.8 Å². The molecule has 0 bridgehead atoms. The minimum Gasteiger partial charge on any atom is -0.329 e. The van der Waals surface area contributed by atoms with Gasteiger partial charge in [-0.05, 0) is 25.2 Å². The lowest BCUT2D eigenvalue weighted by molar-refractivity contribution is -0.128. The second-order valence-corrected chi connectivity index (χ2v) is 4.19. The van der Waals surface area contributed by atoms with Crippen LogP contribution in [0.1, 0.15) is 39.5 Å². The number of rotatable bonds is 5. The quantitative estimate of drug-likeness (QED) is 0.681. The highest BCUT2D eigenvalue weighted by atomic mass is 16.1. The molecule has 0 aromatic carbocycles. The average Bonchev–Trinajstić information content (AvgIpc) is 2.86. The van der Waals surface area contributed by atoms with Gasteiger partial charge >= 0.3 is 0 Å². The first kappa shape index (κ1) is 9.72. The molecule has 70 valence electrons. The fourth-order valence-corrected chi connectivity index (χ4v) is 1.29. The van der Waals surface area contributed by atoms with Gasteiger partial charge in [-0.2, -0.15) is 0 Å². The minimum absolute atomic E-state index is 0.247. The molecule has 1 rings (SSSR count). The first-order valence-corrected chi connectivity index (χ1v) is 4.85. The van der Waals surface area contributed by atoms with Crippen molar-refractivity contribution in [1.29, 1.82) is 0 Å².